The molecule has 0 atom stereocenters. The Labute approximate surface area is 116 Å². The van der Waals surface area contributed by atoms with Gasteiger partial charge in [-0.3, -0.25) is 4.79 Å². The first-order valence-electron chi connectivity index (χ1n) is 5.99. The normalized spacial score (nSPS) is 15.2. The molecule has 0 saturated carbocycles. The molecule has 4 nitrogen and oxygen atoms in total. The Balaban J connectivity index is 1.98. The molecule has 0 spiro atoms. The molecule has 1 aliphatic heterocycles. The van der Waals surface area contributed by atoms with Crippen LogP contribution in [-0.2, 0) is 4.79 Å². The lowest BCUT2D eigenvalue weighted by Gasteiger charge is -2.15. The molecule has 1 amide bonds. The highest BCUT2D eigenvalue weighted by atomic mass is 35.5. The maximum atomic E-state index is 11.9. The van der Waals surface area contributed by atoms with Gasteiger partial charge in [0.05, 0.1) is 5.75 Å². The van der Waals surface area contributed by atoms with E-state index in [-0.39, 0.29) is 5.91 Å². The number of hydrogen-bond donors (Lipinski definition) is 0. The summed E-state index contributed by atoms with van der Waals surface area (Å²) in [5.41, 5.74) is 1.94. The minimum atomic E-state index is 0.186. The molecule has 6 heteroatoms. The summed E-state index contributed by atoms with van der Waals surface area (Å²) in [5, 5.41) is 9.16. The zero-order valence-corrected chi connectivity index (χ0v) is 12.1. The lowest BCUT2D eigenvalue weighted by atomic mass is 10.2. The van der Waals surface area contributed by atoms with Crippen molar-refractivity contribution in [2.24, 2.45) is 0 Å². The summed E-state index contributed by atoms with van der Waals surface area (Å²) < 4.78 is 0. The van der Waals surface area contributed by atoms with Gasteiger partial charge in [-0.25, -0.2) is 0 Å². The van der Waals surface area contributed by atoms with Crippen LogP contribution in [0.15, 0.2) is 5.03 Å². The van der Waals surface area contributed by atoms with Crippen LogP contribution in [0.3, 0.4) is 0 Å². The number of nitrogens with zero attached hydrogens (tertiary/aromatic N) is 3. The highest BCUT2D eigenvalue weighted by Gasteiger charge is 2.18. The van der Waals surface area contributed by atoms with Gasteiger partial charge in [0.15, 0.2) is 5.15 Å². The number of rotatable bonds is 3. The molecule has 0 aromatic carbocycles. The predicted octanol–water partition coefficient (Wildman–Crippen LogP) is 2.46. The van der Waals surface area contributed by atoms with Crippen molar-refractivity contribution < 1.29 is 4.79 Å². The quantitative estimate of drug-likeness (QED) is 0.801. The summed E-state index contributed by atoms with van der Waals surface area (Å²) in [6.07, 6.45) is 2.24. The predicted molar refractivity (Wildman–Crippen MR) is 73.1 cm³/mol. The van der Waals surface area contributed by atoms with Gasteiger partial charge < -0.3 is 4.90 Å². The Morgan fingerprint density at radius 3 is 2.61 bits per heavy atom. The second-order valence-corrected chi connectivity index (χ2v) is 5.74. The Bertz CT molecular complexity index is 461. The van der Waals surface area contributed by atoms with Crippen molar-refractivity contribution >= 4 is 29.3 Å². The fraction of sp³-hybridized carbons (Fsp3) is 0.583. The number of thioether (sulfide) groups is 1. The molecular formula is C12H16ClN3OS. The molecule has 2 rings (SSSR count). The van der Waals surface area contributed by atoms with Gasteiger partial charge in [0.2, 0.25) is 5.91 Å². The van der Waals surface area contributed by atoms with Crippen molar-refractivity contribution in [2.75, 3.05) is 18.8 Å². The molecule has 2 heterocycles. The summed E-state index contributed by atoms with van der Waals surface area (Å²) in [6.45, 7) is 5.66. The number of carbonyl (C=O) groups is 1. The second kappa shape index (κ2) is 5.89. The molecular weight excluding hydrogens is 270 g/mol. The van der Waals surface area contributed by atoms with E-state index >= 15 is 0 Å². The molecule has 98 valence electrons. The Morgan fingerprint density at radius 1 is 1.28 bits per heavy atom. The molecule has 0 aliphatic carbocycles. The molecule has 1 fully saturated rings. The number of hydrogen-bond acceptors (Lipinski definition) is 4. The molecule has 0 N–H and O–H groups in total. The zero-order valence-electron chi connectivity index (χ0n) is 10.6. The highest BCUT2D eigenvalue weighted by Crippen LogP contribution is 2.25. The molecule has 1 aliphatic rings. The molecule has 1 aromatic heterocycles. The van der Waals surface area contributed by atoms with Crippen molar-refractivity contribution in [1.29, 1.82) is 0 Å². The summed E-state index contributed by atoms with van der Waals surface area (Å²) in [6, 6.07) is 0. The van der Waals surface area contributed by atoms with E-state index in [0.29, 0.717) is 10.9 Å². The number of halogens is 1. The van der Waals surface area contributed by atoms with Gasteiger partial charge >= 0.3 is 0 Å². The van der Waals surface area contributed by atoms with Crippen molar-refractivity contribution in [1.82, 2.24) is 15.1 Å². The van der Waals surface area contributed by atoms with Crippen molar-refractivity contribution in [2.45, 2.75) is 31.7 Å². The van der Waals surface area contributed by atoms with E-state index in [2.05, 4.69) is 10.2 Å². The Hall–Kier alpha value is -0.810. The van der Waals surface area contributed by atoms with Crippen LogP contribution in [0.2, 0.25) is 5.15 Å². The number of carbonyl (C=O) groups excluding carboxylic acids is 1. The van der Waals surface area contributed by atoms with Crippen molar-refractivity contribution in [3.8, 4) is 0 Å². The smallest absolute Gasteiger partial charge is 0.232 e. The third-order valence-electron chi connectivity index (χ3n) is 3.21. The summed E-state index contributed by atoms with van der Waals surface area (Å²) >= 11 is 7.34. The van der Waals surface area contributed by atoms with Crippen molar-refractivity contribution in [3.05, 3.63) is 16.3 Å². The topological polar surface area (TPSA) is 46.1 Å². The van der Waals surface area contributed by atoms with Gasteiger partial charge in [-0.05, 0) is 37.8 Å². The van der Waals surface area contributed by atoms with Gasteiger partial charge in [-0.2, -0.15) is 0 Å². The maximum Gasteiger partial charge on any atom is 0.232 e. The van der Waals surface area contributed by atoms with Crippen LogP contribution >= 0.6 is 23.4 Å². The molecule has 1 saturated heterocycles. The minimum Gasteiger partial charge on any atom is -0.342 e. The number of likely N-dealkylation sites (tertiary alicyclic amines) is 1. The first-order chi connectivity index (χ1) is 8.59. The molecule has 0 bridgehead atoms. The van der Waals surface area contributed by atoms with Crippen molar-refractivity contribution in [3.63, 3.8) is 0 Å². The number of aromatic nitrogens is 2. The molecule has 18 heavy (non-hydrogen) atoms. The van der Waals surface area contributed by atoms with Crippen LogP contribution in [0, 0.1) is 13.8 Å². The minimum absolute atomic E-state index is 0.186. The average molecular weight is 286 g/mol. The van der Waals surface area contributed by atoms with E-state index in [1.165, 1.54) is 11.8 Å². The van der Waals surface area contributed by atoms with Crippen LogP contribution in [0.5, 0.6) is 0 Å². The van der Waals surface area contributed by atoms with Crippen LogP contribution in [-0.4, -0.2) is 39.8 Å². The van der Waals surface area contributed by atoms with Crippen LogP contribution in [0.4, 0.5) is 0 Å². The Kier molecular flexibility index (Phi) is 4.45. The van der Waals surface area contributed by atoms with Gasteiger partial charge in [-0.15, -0.1) is 10.2 Å². The SMILES string of the molecule is Cc1c(Cl)nnc(SCC(=O)N2CCCC2)c1C. The highest BCUT2D eigenvalue weighted by molar-refractivity contribution is 7.99. The average Bonchev–Trinajstić information content (AvgIpc) is 2.89. The summed E-state index contributed by atoms with van der Waals surface area (Å²) in [4.78, 5) is 13.8. The van der Waals surface area contributed by atoms with E-state index in [4.69, 9.17) is 11.6 Å². The van der Waals surface area contributed by atoms with Gasteiger partial charge in [0.1, 0.15) is 5.03 Å². The summed E-state index contributed by atoms with van der Waals surface area (Å²) in [7, 11) is 0. The van der Waals surface area contributed by atoms with E-state index in [0.717, 1.165) is 42.1 Å². The van der Waals surface area contributed by atoms with Crippen LogP contribution in [0.25, 0.3) is 0 Å². The summed E-state index contributed by atoms with van der Waals surface area (Å²) in [5.74, 6) is 0.614. The lowest BCUT2D eigenvalue weighted by Crippen LogP contribution is -2.29. The van der Waals surface area contributed by atoms with E-state index in [1.807, 2.05) is 18.7 Å². The fourth-order valence-corrected chi connectivity index (χ4v) is 2.97. The van der Waals surface area contributed by atoms with E-state index in [9.17, 15) is 4.79 Å². The zero-order chi connectivity index (χ0) is 13.1. The first-order valence-corrected chi connectivity index (χ1v) is 7.36. The maximum absolute atomic E-state index is 11.9. The third kappa shape index (κ3) is 2.95. The van der Waals surface area contributed by atoms with Crippen LogP contribution in [0.1, 0.15) is 24.0 Å². The molecule has 0 unspecified atom stereocenters. The first kappa shape index (κ1) is 13.6. The monoisotopic (exact) mass is 285 g/mol. The second-order valence-electron chi connectivity index (χ2n) is 4.42. The lowest BCUT2D eigenvalue weighted by molar-refractivity contribution is -0.127. The Morgan fingerprint density at radius 2 is 1.94 bits per heavy atom. The standard InChI is InChI=1S/C12H16ClN3OS/c1-8-9(2)12(15-14-11(8)13)18-7-10(17)16-5-3-4-6-16/h3-7H2,1-2H3. The fourth-order valence-electron chi connectivity index (χ4n) is 1.88. The number of amides is 1. The van der Waals surface area contributed by atoms with Gasteiger partial charge in [0, 0.05) is 13.1 Å². The van der Waals surface area contributed by atoms with Crippen LogP contribution < -0.4 is 0 Å². The molecule has 1 aromatic rings. The van der Waals surface area contributed by atoms with Gasteiger partial charge in [-0.1, -0.05) is 23.4 Å². The molecule has 0 radical (unpaired) electrons. The van der Waals surface area contributed by atoms with E-state index in [1.54, 1.807) is 0 Å². The van der Waals surface area contributed by atoms with Gasteiger partial charge in [0.25, 0.3) is 0 Å². The largest absolute Gasteiger partial charge is 0.342 e. The van der Waals surface area contributed by atoms with E-state index < -0.39 is 0 Å². The third-order valence-corrected chi connectivity index (χ3v) is 4.62.